The summed E-state index contributed by atoms with van der Waals surface area (Å²) in [7, 11) is 1.91. The third-order valence-electron chi connectivity index (χ3n) is 5.29. The van der Waals surface area contributed by atoms with Crippen molar-refractivity contribution in [2.45, 2.75) is 52.6 Å². The molecule has 4 nitrogen and oxygen atoms in total. The molecule has 1 aromatic carbocycles. The zero-order chi connectivity index (χ0) is 18.0. The number of amides is 1. The summed E-state index contributed by atoms with van der Waals surface area (Å²) >= 11 is 6.28. The lowest BCUT2D eigenvalue weighted by molar-refractivity contribution is -0.134. The number of aryl methyl sites for hydroxylation is 1. The topological polar surface area (TPSA) is 38.1 Å². The van der Waals surface area contributed by atoms with E-state index in [4.69, 9.17) is 11.6 Å². The van der Waals surface area contributed by atoms with E-state index in [9.17, 15) is 4.79 Å². The van der Waals surface area contributed by atoms with Crippen molar-refractivity contribution < 1.29 is 4.79 Å². The second kappa shape index (κ2) is 7.61. The molecule has 5 heteroatoms. The van der Waals surface area contributed by atoms with Crippen LogP contribution >= 0.6 is 11.6 Å². The van der Waals surface area contributed by atoms with Crippen LogP contribution in [0.1, 0.15) is 48.2 Å². The number of carbonyl (C=O) groups excluding carboxylic acids is 1. The van der Waals surface area contributed by atoms with E-state index in [0.29, 0.717) is 13.1 Å². The van der Waals surface area contributed by atoms with Crippen molar-refractivity contribution in [1.82, 2.24) is 14.7 Å². The third kappa shape index (κ3) is 3.90. The van der Waals surface area contributed by atoms with Gasteiger partial charge >= 0.3 is 0 Å². The molecule has 1 amide bonds. The maximum absolute atomic E-state index is 12.6. The first-order valence-corrected chi connectivity index (χ1v) is 9.36. The van der Waals surface area contributed by atoms with Gasteiger partial charge in [-0.1, -0.05) is 42.6 Å². The molecule has 0 aliphatic heterocycles. The number of hydrogen-bond acceptors (Lipinski definition) is 2. The Hall–Kier alpha value is -1.81. The van der Waals surface area contributed by atoms with Gasteiger partial charge in [0.1, 0.15) is 0 Å². The molecule has 1 aliphatic rings. The predicted molar refractivity (Wildman–Crippen MR) is 101 cm³/mol. The molecule has 25 heavy (non-hydrogen) atoms. The number of hydrogen-bond donors (Lipinski definition) is 0. The number of nitrogens with zero attached hydrogens (tertiary/aromatic N) is 3. The molecule has 3 rings (SSSR count). The average molecular weight is 360 g/mol. The van der Waals surface area contributed by atoms with Gasteiger partial charge in [-0.15, -0.1) is 0 Å². The minimum Gasteiger partial charge on any atom is -0.341 e. The molecule has 1 saturated carbocycles. The maximum Gasteiger partial charge on any atom is 0.225 e. The molecule has 0 spiro atoms. The zero-order valence-electron chi connectivity index (χ0n) is 15.3. The van der Waals surface area contributed by atoms with Crippen molar-refractivity contribution in [3.8, 4) is 0 Å². The summed E-state index contributed by atoms with van der Waals surface area (Å²) in [6.45, 7) is 5.35. The Kier molecular flexibility index (Phi) is 5.48. The molecule has 1 fully saturated rings. The fourth-order valence-electron chi connectivity index (χ4n) is 3.70. The summed E-state index contributed by atoms with van der Waals surface area (Å²) in [4.78, 5) is 14.5. The summed E-state index contributed by atoms with van der Waals surface area (Å²) in [6.07, 6.45) is 4.43. The van der Waals surface area contributed by atoms with Crippen LogP contribution in [-0.4, -0.2) is 27.6 Å². The highest BCUT2D eigenvalue weighted by molar-refractivity contribution is 6.31. The third-order valence-corrected chi connectivity index (χ3v) is 5.65. The lowest BCUT2D eigenvalue weighted by Gasteiger charge is -2.21. The molecular formula is C20H26ClN3O. The Morgan fingerprint density at radius 2 is 1.96 bits per heavy atom. The second-order valence-corrected chi connectivity index (χ2v) is 7.48. The van der Waals surface area contributed by atoms with Crippen LogP contribution in [0.15, 0.2) is 24.3 Å². The van der Waals surface area contributed by atoms with E-state index < -0.39 is 0 Å². The molecule has 0 N–H and O–H groups in total. The minimum atomic E-state index is 0.212. The monoisotopic (exact) mass is 359 g/mol. The Morgan fingerprint density at radius 1 is 1.28 bits per heavy atom. The molecule has 0 radical (unpaired) electrons. The van der Waals surface area contributed by atoms with Crippen molar-refractivity contribution in [2.75, 3.05) is 7.05 Å². The maximum atomic E-state index is 12.6. The lowest BCUT2D eigenvalue weighted by Crippen LogP contribution is -2.31. The van der Waals surface area contributed by atoms with Crippen molar-refractivity contribution in [3.63, 3.8) is 0 Å². The zero-order valence-corrected chi connectivity index (χ0v) is 16.0. The van der Waals surface area contributed by atoms with Gasteiger partial charge in [0, 0.05) is 35.8 Å². The highest BCUT2D eigenvalue weighted by Gasteiger charge is 2.26. The highest BCUT2D eigenvalue weighted by atomic mass is 35.5. The summed E-state index contributed by atoms with van der Waals surface area (Å²) < 4.78 is 1.99. The van der Waals surface area contributed by atoms with Gasteiger partial charge in [0.2, 0.25) is 5.91 Å². The molecule has 2 aromatic rings. The largest absolute Gasteiger partial charge is 0.341 e. The molecule has 1 heterocycles. The van der Waals surface area contributed by atoms with Gasteiger partial charge in [0.05, 0.1) is 12.2 Å². The first-order chi connectivity index (χ1) is 12.0. The SMILES string of the molecule is Cc1nn(Cc2ccccc2Cl)c(C)c1CN(C)C(=O)C1CCCC1. The molecule has 0 bridgehead atoms. The summed E-state index contributed by atoms with van der Waals surface area (Å²) in [5.41, 5.74) is 4.27. The molecule has 1 aromatic heterocycles. The van der Waals surface area contributed by atoms with Crippen LogP contribution in [0.2, 0.25) is 5.02 Å². The Labute approximate surface area is 154 Å². The average Bonchev–Trinajstić information content (AvgIpc) is 3.21. The van der Waals surface area contributed by atoms with Crippen LogP contribution < -0.4 is 0 Å². The smallest absolute Gasteiger partial charge is 0.225 e. The van der Waals surface area contributed by atoms with Gasteiger partial charge in [-0.2, -0.15) is 5.10 Å². The number of rotatable bonds is 5. The fourth-order valence-corrected chi connectivity index (χ4v) is 3.90. The summed E-state index contributed by atoms with van der Waals surface area (Å²) in [5.74, 6) is 0.485. The minimum absolute atomic E-state index is 0.212. The normalized spacial score (nSPS) is 14.9. The van der Waals surface area contributed by atoms with Crippen molar-refractivity contribution in [2.24, 2.45) is 5.92 Å². The standard InChI is InChI=1S/C20H26ClN3O/c1-14-18(13-23(3)20(25)16-8-4-5-9-16)15(2)24(22-14)12-17-10-6-7-11-19(17)21/h6-7,10-11,16H,4-5,8-9,12-13H2,1-3H3. The van der Waals surface area contributed by atoms with E-state index in [2.05, 4.69) is 12.0 Å². The molecule has 0 atom stereocenters. The van der Waals surface area contributed by atoms with E-state index >= 15 is 0 Å². The summed E-state index contributed by atoms with van der Waals surface area (Å²) in [6, 6.07) is 7.84. The number of benzene rings is 1. The Bertz CT molecular complexity index is 762. The number of carbonyl (C=O) groups is 1. The first-order valence-electron chi connectivity index (χ1n) is 8.98. The Morgan fingerprint density at radius 3 is 2.64 bits per heavy atom. The molecule has 1 aliphatic carbocycles. The Balaban J connectivity index is 1.75. The molecular weight excluding hydrogens is 334 g/mol. The van der Waals surface area contributed by atoms with E-state index in [-0.39, 0.29) is 11.8 Å². The fraction of sp³-hybridized carbons (Fsp3) is 0.500. The predicted octanol–water partition coefficient (Wildman–Crippen LogP) is 4.35. The van der Waals surface area contributed by atoms with E-state index in [1.165, 1.54) is 12.8 Å². The van der Waals surface area contributed by atoms with Crippen LogP contribution in [0.5, 0.6) is 0 Å². The van der Waals surface area contributed by atoms with Gasteiger partial charge in [-0.05, 0) is 38.3 Å². The number of aromatic nitrogens is 2. The van der Waals surface area contributed by atoms with Crippen LogP contribution in [0, 0.1) is 19.8 Å². The van der Waals surface area contributed by atoms with Crippen molar-refractivity contribution in [3.05, 3.63) is 51.8 Å². The molecule has 0 unspecified atom stereocenters. The van der Waals surface area contributed by atoms with Crippen LogP contribution in [0.4, 0.5) is 0 Å². The first kappa shape index (κ1) is 18.0. The highest BCUT2D eigenvalue weighted by Crippen LogP contribution is 2.27. The molecule has 0 saturated heterocycles. The van der Waals surface area contributed by atoms with Crippen molar-refractivity contribution in [1.29, 1.82) is 0 Å². The van der Waals surface area contributed by atoms with Gasteiger partial charge in [-0.3, -0.25) is 9.48 Å². The van der Waals surface area contributed by atoms with Crippen LogP contribution in [-0.2, 0) is 17.9 Å². The van der Waals surface area contributed by atoms with Gasteiger partial charge < -0.3 is 4.90 Å². The van der Waals surface area contributed by atoms with E-state index in [1.54, 1.807) is 0 Å². The van der Waals surface area contributed by atoms with Gasteiger partial charge in [-0.25, -0.2) is 0 Å². The molecule has 134 valence electrons. The van der Waals surface area contributed by atoms with Crippen LogP contribution in [0.3, 0.4) is 0 Å². The number of halogens is 1. The van der Waals surface area contributed by atoms with Gasteiger partial charge in [0.15, 0.2) is 0 Å². The lowest BCUT2D eigenvalue weighted by atomic mass is 10.1. The quantitative estimate of drug-likeness (QED) is 0.795. The van der Waals surface area contributed by atoms with Crippen molar-refractivity contribution >= 4 is 17.5 Å². The van der Waals surface area contributed by atoms with E-state index in [0.717, 1.165) is 40.4 Å². The van der Waals surface area contributed by atoms with Gasteiger partial charge in [0.25, 0.3) is 0 Å². The van der Waals surface area contributed by atoms with E-state index in [1.807, 2.05) is 47.8 Å². The summed E-state index contributed by atoms with van der Waals surface area (Å²) in [5, 5.41) is 5.43. The second-order valence-electron chi connectivity index (χ2n) is 7.07. The van der Waals surface area contributed by atoms with Crippen LogP contribution in [0.25, 0.3) is 0 Å².